The monoisotopic (exact) mass is 260 g/mol. The van der Waals surface area contributed by atoms with E-state index in [-0.39, 0.29) is 11.0 Å². The molecule has 2 rings (SSSR count). The number of halogens is 1. The average Bonchev–Trinajstić information content (AvgIpc) is 2.40. The number of carbonyl (C=O) groups is 1. The molecule has 1 heterocycles. The number of benzene rings is 1. The lowest BCUT2D eigenvalue weighted by atomic mass is 9.79. The van der Waals surface area contributed by atoms with Crippen molar-refractivity contribution in [1.82, 2.24) is 4.98 Å². The predicted octanol–water partition coefficient (Wildman–Crippen LogP) is 0.153. The van der Waals surface area contributed by atoms with E-state index in [1.54, 1.807) is 12.1 Å². The molecule has 0 unspecified atom stereocenters. The number of anilines is 1. The lowest BCUT2D eigenvalue weighted by molar-refractivity contribution is 0.102. The minimum Gasteiger partial charge on any atom is -0.423 e. The summed E-state index contributed by atoms with van der Waals surface area (Å²) in [5.74, 6) is -1.41. The molecule has 5 nitrogen and oxygen atoms in total. The SMILES string of the molecule is O=C(Nc1ccncc1)c1cc(B(O)O)ccc1F. The van der Waals surface area contributed by atoms with Gasteiger partial charge < -0.3 is 15.4 Å². The number of rotatable bonds is 3. The first-order valence-electron chi connectivity index (χ1n) is 5.45. The zero-order valence-corrected chi connectivity index (χ0v) is 9.75. The fraction of sp³-hybridized carbons (Fsp3) is 0. The van der Waals surface area contributed by atoms with Crippen LogP contribution in [0.4, 0.5) is 10.1 Å². The Hall–Kier alpha value is -2.25. The van der Waals surface area contributed by atoms with Gasteiger partial charge in [0.25, 0.3) is 5.91 Å². The predicted molar refractivity (Wildman–Crippen MR) is 68.4 cm³/mol. The summed E-state index contributed by atoms with van der Waals surface area (Å²) in [6.45, 7) is 0. The Bertz CT molecular complexity index is 593. The van der Waals surface area contributed by atoms with Crippen molar-refractivity contribution in [3.05, 3.63) is 54.1 Å². The molecule has 0 saturated heterocycles. The maximum Gasteiger partial charge on any atom is 0.488 e. The van der Waals surface area contributed by atoms with Gasteiger partial charge in [-0.1, -0.05) is 6.07 Å². The third-order valence-corrected chi connectivity index (χ3v) is 2.47. The van der Waals surface area contributed by atoms with Crippen LogP contribution in [0.3, 0.4) is 0 Å². The molecule has 0 bridgehead atoms. The van der Waals surface area contributed by atoms with Crippen LogP contribution >= 0.6 is 0 Å². The zero-order chi connectivity index (χ0) is 13.8. The van der Waals surface area contributed by atoms with Crippen LogP contribution < -0.4 is 10.8 Å². The minimum atomic E-state index is -1.76. The summed E-state index contributed by atoms with van der Waals surface area (Å²) < 4.78 is 13.5. The van der Waals surface area contributed by atoms with E-state index in [9.17, 15) is 9.18 Å². The Morgan fingerprint density at radius 3 is 2.53 bits per heavy atom. The smallest absolute Gasteiger partial charge is 0.423 e. The van der Waals surface area contributed by atoms with Crippen molar-refractivity contribution in [2.24, 2.45) is 0 Å². The third-order valence-electron chi connectivity index (χ3n) is 2.47. The number of hydrogen-bond acceptors (Lipinski definition) is 4. The van der Waals surface area contributed by atoms with Crippen molar-refractivity contribution in [1.29, 1.82) is 0 Å². The summed E-state index contributed by atoms with van der Waals surface area (Å²) in [5.41, 5.74) is 0.248. The Morgan fingerprint density at radius 2 is 1.89 bits per heavy atom. The van der Waals surface area contributed by atoms with Crippen LogP contribution in [0.15, 0.2) is 42.7 Å². The number of aromatic nitrogens is 1. The Kier molecular flexibility index (Phi) is 3.89. The average molecular weight is 260 g/mol. The number of amides is 1. The van der Waals surface area contributed by atoms with Gasteiger partial charge in [-0.25, -0.2) is 4.39 Å². The molecule has 7 heteroatoms. The molecule has 0 aliphatic rings. The summed E-state index contributed by atoms with van der Waals surface area (Å²) in [6.07, 6.45) is 2.97. The first kappa shape index (κ1) is 13.2. The van der Waals surface area contributed by atoms with E-state index in [1.165, 1.54) is 18.5 Å². The molecule has 0 saturated carbocycles. The highest BCUT2D eigenvalue weighted by Gasteiger charge is 2.17. The van der Waals surface area contributed by atoms with Crippen molar-refractivity contribution < 1.29 is 19.2 Å². The van der Waals surface area contributed by atoms with Gasteiger partial charge in [0, 0.05) is 18.1 Å². The van der Waals surface area contributed by atoms with Crippen LogP contribution in [0.2, 0.25) is 0 Å². The molecule has 0 aliphatic heterocycles. The van der Waals surface area contributed by atoms with Gasteiger partial charge in [-0.2, -0.15) is 0 Å². The molecular formula is C12H10BFN2O3. The molecule has 0 atom stereocenters. The van der Waals surface area contributed by atoms with E-state index in [0.29, 0.717) is 5.69 Å². The maximum atomic E-state index is 13.5. The summed E-state index contributed by atoms with van der Waals surface area (Å²) in [5, 5.41) is 20.5. The number of pyridine rings is 1. The second-order valence-electron chi connectivity index (χ2n) is 3.80. The third kappa shape index (κ3) is 3.15. The summed E-state index contributed by atoms with van der Waals surface area (Å²) in [4.78, 5) is 15.7. The summed E-state index contributed by atoms with van der Waals surface area (Å²) in [7, 11) is -1.76. The van der Waals surface area contributed by atoms with E-state index in [4.69, 9.17) is 10.0 Å². The Morgan fingerprint density at radius 1 is 1.21 bits per heavy atom. The van der Waals surface area contributed by atoms with Crippen LogP contribution in [-0.2, 0) is 0 Å². The first-order valence-corrected chi connectivity index (χ1v) is 5.45. The molecule has 3 N–H and O–H groups in total. The molecule has 0 fully saturated rings. The van der Waals surface area contributed by atoms with E-state index in [1.807, 2.05) is 0 Å². The van der Waals surface area contributed by atoms with Crippen LogP contribution in [0, 0.1) is 5.82 Å². The standard InChI is InChI=1S/C12H10BFN2O3/c14-11-2-1-8(13(18)19)7-10(11)12(17)16-9-3-5-15-6-4-9/h1-7,18-19H,(H,15,16,17). The quantitative estimate of drug-likeness (QED) is 0.686. The van der Waals surface area contributed by atoms with E-state index in [0.717, 1.165) is 12.1 Å². The number of nitrogens with one attached hydrogen (secondary N) is 1. The van der Waals surface area contributed by atoms with Gasteiger partial charge >= 0.3 is 7.12 Å². The molecule has 1 amide bonds. The first-order chi connectivity index (χ1) is 9.08. The normalized spacial score (nSPS) is 10.1. The van der Waals surface area contributed by atoms with E-state index >= 15 is 0 Å². The second kappa shape index (κ2) is 5.60. The molecule has 2 aromatic rings. The lowest BCUT2D eigenvalue weighted by Gasteiger charge is -2.07. The van der Waals surface area contributed by atoms with Crippen molar-refractivity contribution in [2.75, 3.05) is 5.32 Å². The van der Waals surface area contributed by atoms with Crippen LogP contribution in [0.25, 0.3) is 0 Å². The molecule has 1 aromatic heterocycles. The molecule has 96 valence electrons. The molecular weight excluding hydrogens is 250 g/mol. The van der Waals surface area contributed by atoms with Crippen LogP contribution in [0.5, 0.6) is 0 Å². The van der Waals surface area contributed by atoms with Crippen molar-refractivity contribution >= 4 is 24.2 Å². The zero-order valence-electron chi connectivity index (χ0n) is 9.75. The maximum absolute atomic E-state index is 13.5. The highest BCUT2D eigenvalue weighted by molar-refractivity contribution is 6.58. The molecule has 0 spiro atoms. The van der Waals surface area contributed by atoms with E-state index < -0.39 is 18.8 Å². The molecule has 19 heavy (non-hydrogen) atoms. The summed E-state index contributed by atoms with van der Waals surface area (Å²) >= 11 is 0. The van der Waals surface area contributed by atoms with Gasteiger partial charge in [-0.3, -0.25) is 9.78 Å². The van der Waals surface area contributed by atoms with Crippen molar-refractivity contribution in [2.45, 2.75) is 0 Å². The minimum absolute atomic E-state index is 0.0429. The summed E-state index contributed by atoms with van der Waals surface area (Å²) in [6, 6.07) is 6.41. The highest BCUT2D eigenvalue weighted by Crippen LogP contribution is 2.10. The van der Waals surface area contributed by atoms with E-state index in [2.05, 4.69) is 10.3 Å². The van der Waals surface area contributed by atoms with Gasteiger partial charge in [-0.15, -0.1) is 0 Å². The fourth-order valence-electron chi connectivity index (χ4n) is 1.51. The van der Waals surface area contributed by atoms with Gasteiger partial charge in [0.1, 0.15) is 5.82 Å². The van der Waals surface area contributed by atoms with Gasteiger partial charge in [0.2, 0.25) is 0 Å². The van der Waals surface area contributed by atoms with Crippen molar-refractivity contribution in [3.8, 4) is 0 Å². The highest BCUT2D eigenvalue weighted by atomic mass is 19.1. The molecule has 1 aromatic carbocycles. The number of nitrogens with zero attached hydrogens (tertiary/aromatic N) is 1. The second-order valence-corrected chi connectivity index (χ2v) is 3.80. The van der Waals surface area contributed by atoms with Crippen LogP contribution in [-0.4, -0.2) is 28.1 Å². The topological polar surface area (TPSA) is 82.5 Å². The molecule has 0 radical (unpaired) electrons. The fourth-order valence-corrected chi connectivity index (χ4v) is 1.51. The Balaban J connectivity index is 2.26. The van der Waals surface area contributed by atoms with Gasteiger partial charge in [0.05, 0.1) is 5.56 Å². The number of carbonyl (C=O) groups excluding carboxylic acids is 1. The van der Waals surface area contributed by atoms with Crippen LogP contribution in [0.1, 0.15) is 10.4 Å². The van der Waals surface area contributed by atoms with Gasteiger partial charge in [-0.05, 0) is 29.7 Å². The van der Waals surface area contributed by atoms with Crippen molar-refractivity contribution in [3.63, 3.8) is 0 Å². The number of hydrogen-bond donors (Lipinski definition) is 3. The Labute approximate surface area is 108 Å². The largest absolute Gasteiger partial charge is 0.488 e. The van der Waals surface area contributed by atoms with Gasteiger partial charge in [0.15, 0.2) is 0 Å². The molecule has 0 aliphatic carbocycles. The lowest BCUT2D eigenvalue weighted by Crippen LogP contribution is -2.31.